The molecule has 0 fully saturated rings. The molecule has 0 aliphatic rings. The van der Waals surface area contributed by atoms with E-state index in [1.165, 1.54) is 24.3 Å². The van der Waals surface area contributed by atoms with Crippen molar-refractivity contribution in [2.45, 2.75) is 12.5 Å². The van der Waals surface area contributed by atoms with Crippen LogP contribution in [0, 0.1) is 0 Å². The number of hydrogen-bond donors (Lipinski definition) is 2. The van der Waals surface area contributed by atoms with Crippen LogP contribution in [-0.2, 0) is 11.2 Å². The van der Waals surface area contributed by atoms with Crippen molar-refractivity contribution in [2.75, 3.05) is 0 Å². The fourth-order valence-corrected chi connectivity index (χ4v) is 1.10. The minimum Gasteiger partial charge on any atom is -0.508 e. The summed E-state index contributed by atoms with van der Waals surface area (Å²) in [6.07, 6.45) is -0.317. The van der Waals surface area contributed by atoms with Crippen LogP contribution in [0.5, 0.6) is 5.75 Å². The Morgan fingerprint density at radius 3 is 2.27 bits per heavy atom. The van der Waals surface area contributed by atoms with Crippen molar-refractivity contribution in [3.63, 3.8) is 0 Å². The Balaban J connectivity index is 2.74. The smallest absolute Gasteiger partial charge is 0.326 e. The number of aromatic hydroxyl groups is 1. The third-order valence-electron chi connectivity index (χ3n) is 1.89. The second-order valence-corrected chi connectivity index (χ2v) is 2.98. The summed E-state index contributed by atoms with van der Waals surface area (Å²) in [5.74, 6) is -1.59. The number of rotatable bonds is 4. The zero-order valence-electron chi connectivity index (χ0n) is 7.60. The standard InChI is InChI=1S/C9H9F2NO3/c10-12(11)8(9(14)15)5-6-1-3-7(13)4-2-6/h1-4,8,13H,5H2,(H,14,15). The first-order chi connectivity index (χ1) is 7.00. The average molecular weight is 217 g/mol. The Morgan fingerprint density at radius 1 is 1.33 bits per heavy atom. The maximum Gasteiger partial charge on any atom is 0.326 e. The van der Waals surface area contributed by atoms with Gasteiger partial charge in [-0.15, -0.1) is 8.96 Å². The summed E-state index contributed by atoms with van der Waals surface area (Å²) in [6.45, 7) is 0. The molecule has 82 valence electrons. The molecule has 4 nitrogen and oxygen atoms in total. The van der Waals surface area contributed by atoms with Crippen LogP contribution in [0.1, 0.15) is 5.56 Å². The van der Waals surface area contributed by atoms with Crippen molar-refractivity contribution in [2.24, 2.45) is 0 Å². The summed E-state index contributed by atoms with van der Waals surface area (Å²) in [5, 5.41) is 16.1. The molecule has 6 heteroatoms. The topological polar surface area (TPSA) is 60.8 Å². The molecule has 1 atom stereocenters. The van der Waals surface area contributed by atoms with E-state index in [4.69, 9.17) is 10.2 Å². The Bertz CT molecular complexity index is 340. The van der Waals surface area contributed by atoms with Crippen LogP contribution in [0.25, 0.3) is 0 Å². The van der Waals surface area contributed by atoms with Gasteiger partial charge in [-0.25, -0.2) is 0 Å². The predicted octanol–water partition coefficient (Wildman–Crippen LogP) is 1.46. The minimum absolute atomic E-state index is 0.00276. The lowest BCUT2D eigenvalue weighted by atomic mass is 10.1. The molecule has 0 aliphatic carbocycles. The van der Waals surface area contributed by atoms with Crippen LogP contribution < -0.4 is 0 Å². The van der Waals surface area contributed by atoms with Crippen LogP contribution in [-0.4, -0.2) is 27.6 Å². The van der Waals surface area contributed by atoms with Crippen molar-refractivity contribution >= 4 is 5.97 Å². The van der Waals surface area contributed by atoms with Crippen molar-refractivity contribution in [1.82, 2.24) is 5.34 Å². The third-order valence-corrected chi connectivity index (χ3v) is 1.89. The summed E-state index contributed by atoms with van der Waals surface area (Å²) in [7, 11) is 0. The van der Waals surface area contributed by atoms with Gasteiger partial charge in [0.05, 0.1) is 0 Å². The molecule has 0 bridgehead atoms. The lowest BCUT2D eigenvalue weighted by molar-refractivity contribution is -0.200. The van der Waals surface area contributed by atoms with E-state index in [9.17, 15) is 13.8 Å². The molecule has 1 aromatic carbocycles. The number of carboxylic acid groups (broad SMARTS) is 1. The number of carboxylic acids is 1. The Labute approximate surface area is 84.2 Å². The molecule has 0 amide bonds. The number of halogens is 2. The van der Waals surface area contributed by atoms with Gasteiger partial charge in [-0.1, -0.05) is 12.1 Å². The minimum atomic E-state index is -1.87. The fraction of sp³-hybridized carbons (Fsp3) is 0.222. The fourth-order valence-electron chi connectivity index (χ4n) is 1.10. The molecule has 0 saturated carbocycles. The molecule has 0 saturated heterocycles. The van der Waals surface area contributed by atoms with Crippen LogP contribution in [0.4, 0.5) is 8.96 Å². The zero-order valence-corrected chi connectivity index (χ0v) is 7.60. The largest absolute Gasteiger partial charge is 0.508 e. The first-order valence-electron chi connectivity index (χ1n) is 4.12. The quantitative estimate of drug-likeness (QED) is 0.749. The molecule has 0 heterocycles. The summed E-state index contributed by atoms with van der Waals surface area (Å²) >= 11 is 0. The van der Waals surface area contributed by atoms with E-state index in [1.807, 2.05) is 0 Å². The number of carbonyl (C=O) groups is 1. The highest BCUT2D eigenvalue weighted by molar-refractivity contribution is 5.73. The van der Waals surface area contributed by atoms with Crippen molar-refractivity contribution in [3.8, 4) is 5.75 Å². The number of aliphatic carboxylic acids is 1. The molecular formula is C9H9F2NO3. The van der Waals surface area contributed by atoms with E-state index in [-0.39, 0.29) is 12.2 Å². The normalized spacial score (nSPS) is 12.7. The number of phenols is 1. The lowest BCUT2D eigenvalue weighted by Crippen LogP contribution is -2.32. The molecule has 2 N–H and O–H groups in total. The highest BCUT2D eigenvalue weighted by Crippen LogP contribution is 2.14. The van der Waals surface area contributed by atoms with Gasteiger partial charge in [0, 0.05) is 11.8 Å². The van der Waals surface area contributed by atoms with Crippen molar-refractivity contribution < 1.29 is 24.0 Å². The summed E-state index contributed by atoms with van der Waals surface area (Å²) in [4.78, 5) is 10.4. The molecule has 0 aliphatic heterocycles. The van der Waals surface area contributed by atoms with E-state index in [0.717, 1.165) is 0 Å². The SMILES string of the molecule is O=C(O)C(Cc1ccc(O)cc1)N(F)F. The molecule has 1 aromatic rings. The average Bonchev–Trinajstić information content (AvgIpc) is 2.15. The van der Waals surface area contributed by atoms with Gasteiger partial charge < -0.3 is 10.2 Å². The van der Waals surface area contributed by atoms with E-state index >= 15 is 0 Å². The number of benzene rings is 1. The summed E-state index contributed by atoms with van der Waals surface area (Å²) in [6, 6.07) is 3.56. The van der Waals surface area contributed by atoms with Gasteiger partial charge in [0.15, 0.2) is 6.04 Å². The second-order valence-electron chi connectivity index (χ2n) is 2.98. The molecular weight excluding hydrogens is 208 g/mol. The van der Waals surface area contributed by atoms with Gasteiger partial charge in [-0.05, 0) is 17.7 Å². The molecule has 0 spiro atoms. The molecule has 0 aromatic heterocycles. The first-order valence-corrected chi connectivity index (χ1v) is 4.12. The van der Waals surface area contributed by atoms with E-state index in [1.54, 1.807) is 0 Å². The maximum absolute atomic E-state index is 12.1. The van der Waals surface area contributed by atoms with Crippen molar-refractivity contribution in [3.05, 3.63) is 29.8 Å². The van der Waals surface area contributed by atoms with Gasteiger partial charge in [0.25, 0.3) is 0 Å². The van der Waals surface area contributed by atoms with Gasteiger partial charge in [0.2, 0.25) is 0 Å². The van der Waals surface area contributed by atoms with Crippen LogP contribution in [0.15, 0.2) is 24.3 Å². The number of hydrogen-bond acceptors (Lipinski definition) is 3. The van der Waals surface area contributed by atoms with Gasteiger partial charge in [-0.3, -0.25) is 4.79 Å². The summed E-state index contributed by atoms with van der Waals surface area (Å²) in [5.41, 5.74) is 0.417. The van der Waals surface area contributed by atoms with E-state index in [0.29, 0.717) is 5.56 Å². The maximum atomic E-state index is 12.1. The number of phenolic OH excluding ortho intramolecular Hbond substituents is 1. The third kappa shape index (κ3) is 3.17. The number of nitrogens with zero attached hydrogens (tertiary/aromatic N) is 1. The second kappa shape index (κ2) is 4.70. The Kier molecular flexibility index (Phi) is 3.56. The van der Waals surface area contributed by atoms with E-state index in [2.05, 4.69) is 0 Å². The monoisotopic (exact) mass is 217 g/mol. The molecule has 0 radical (unpaired) electrons. The van der Waals surface area contributed by atoms with Crippen LogP contribution in [0.2, 0.25) is 0 Å². The van der Waals surface area contributed by atoms with Gasteiger partial charge in [0.1, 0.15) is 5.75 Å². The zero-order chi connectivity index (χ0) is 11.4. The predicted molar refractivity (Wildman–Crippen MR) is 47.3 cm³/mol. The van der Waals surface area contributed by atoms with Crippen LogP contribution >= 0.6 is 0 Å². The molecule has 1 rings (SSSR count). The van der Waals surface area contributed by atoms with Crippen molar-refractivity contribution in [1.29, 1.82) is 0 Å². The highest BCUT2D eigenvalue weighted by Gasteiger charge is 2.26. The van der Waals surface area contributed by atoms with Crippen LogP contribution in [0.3, 0.4) is 0 Å². The lowest BCUT2D eigenvalue weighted by Gasteiger charge is -2.11. The van der Waals surface area contributed by atoms with Gasteiger partial charge in [-0.2, -0.15) is 0 Å². The highest BCUT2D eigenvalue weighted by atomic mass is 19.4. The Hall–Kier alpha value is -1.69. The first kappa shape index (κ1) is 11.4. The molecule has 15 heavy (non-hydrogen) atoms. The van der Waals surface area contributed by atoms with E-state index < -0.39 is 17.4 Å². The summed E-state index contributed by atoms with van der Waals surface area (Å²) < 4.78 is 24.2. The molecule has 1 unspecified atom stereocenters. The van der Waals surface area contributed by atoms with Gasteiger partial charge >= 0.3 is 5.97 Å². The Morgan fingerprint density at radius 2 is 1.87 bits per heavy atom.